The predicted molar refractivity (Wildman–Crippen MR) is 73.4 cm³/mol. The molecule has 116 valence electrons. The molecule has 0 aliphatic carbocycles. The number of hydrogen-bond acceptors (Lipinski definition) is 4. The van der Waals surface area contributed by atoms with Crippen molar-refractivity contribution in [2.24, 2.45) is 0 Å². The summed E-state index contributed by atoms with van der Waals surface area (Å²) in [7, 11) is 0. The van der Waals surface area contributed by atoms with Crippen LogP contribution in [0.1, 0.15) is 13.3 Å². The van der Waals surface area contributed by atoms with Gasteiger partial charge in [-0.25, -0.2) is 9.59 Å². The largest absolute Gasteiger partial charge is 0.480 e. The number of morpholine rings is 1. The van der Waals surface area contributed by atoms with Crippen LogP contribution in [0.25, 0.3) is 0 Å². The van der Waals surface area contributed by atoms with Crippen LogP contribution in [0.2, 0.25) is 0 Å². The monoisotopic (exact) mass is 297 g/mol. The standard InChI is InChI=1S/C13H19N3O5/c1-3-4-10(12(18)19)15-13(20)14-9(2)11(17)16-5-7-21-8-6-16/h1,9-10H,4-8H2,2H3,(H,18,19)(H2,14,15,20). The normalized spacial score (nSPS) is 17.2. The van der Waals surface area contributed by atoms with Crippen molar-refractivity contribution in [3.05, 3.63) is 0 Å². The Labute approximate surface area is 122 Å². The number of rotatable bonds is 5. The molecule has 1 fully saturated rings. The fraction of sp³-hybridized carbons (Fsp3) is 0.615. The van der Waals surface area contributed by atoms with E-state index in [2.05, 4.69) is 16.6 Å². The SMILES string of the molecule is C#CCC(NC(=O)NC(C)C(=O)N1CCOCC1)C(=O)O. The molecule has 0 aromatic rings. The Morgan fingerprint density at radius 3 is 2.48 bits per heavy atom. The van der Waals surface area contributed by atoms with Crippen molar-refractivity contribution >= 4 is 17.9 Å². The molecule has 1 aliphatic heterocycles. The summed E-state index contributed by atoms with van der Waals surface area (Å²) in [6.45, 7) is 3.42. The van der Waals surface area contributed by atoms with Crippen LogP contribution in [-0.4, -0.2) is 66.3 Å². The van der Waals surface area contributed by atoms with Crippen molar-refractivity contribution in [1.29, 1.82) is 0 Å². The molecule has 0 aromatic carbocycles. The minimum Gasteiger partial charge on any atom is -0.480 e. The number of aliphatic carboxylic acids is 1. The first-order valence-electron chi connectivity index (χ1n) is 6.55. The molecule has 1 heterocycles. The average Bonchev–Trinajstić information content (AvgIpc) is 2.46. The molecule has 0 radical (unpaired) electrons. The highest BCUT2D eigenvalue weighted by Gasteiger charge is 2.25. The molecule has 21 heavy (non-hydrogen) atoms. The Balaban J connectivity index is 2.47. The molecule has 1 rings (SSSR count). The van der Waals surface area contributed by atoms with Gasteiger partial charge in [0, 0.05) is 19.5 Å². The van der Waals surface area contributed by atoms with Gasteiger partial charge in [-0.2, -0.15) is 0 Å². The van der Waals surface area contributed by atoms with E-state index in [4.69, 9.17) is 16.3 Å². The summed E-state index contributed by atoms with van der Waals surface area (Å²) in [5, 5.41) is 13.5. The lowest BCUT2D eigenvalue weighted by Crippen LogP contribution is -2.54. The number of terminal acetylenes is 1. The maximum absolute atomic E-state index is 12.1. The van der Waals surface area contributed by atoms with E-state index in [0.717, 1.165) is 0 Å². The Kier molecular flexibility index (Phi) is 6.49. The molecular weight excluding hydrogens is 278 g/mol. The van der Waals surface area contributed by atoms with Crippen molar-refractivity contribution in [2.75, 3.05) is 26.3 Å². The van der Waals surface area contributed by atoms with Crippen molar-refractivity contribution in [1.82, 2.24) is 15.5 Å². The molecule has 0 spiro atoms. The quantitative estimate of drug-likeness (QED) is 0.565. The number of hydrogen-bond donors (Lipinski definition) is 3. The molecule has 1 aliphatic rings. The Bertz CT molecular complexity index is 440. The first-order valence-corrected chi connectivity index (χ1v) is 6.55. The summed E-state index contributed by atoms with van der Waals surface area (Å²) in [5.74, 6) is 0.705. The third-order valence-corrected chi connectivity index (χ3v) is 2.97. The zero-order valence-electron chi connectivity index (χ0n) is 11.8. The number of carboxylic acid groups (broad SMARTS) is 1. The van der Waals surface area contributed by atoms with E-state index < -0.39 is 24.1 Å². The average molecular weight is 297 g/mol. The van der Waals surface area contributed by atoms with E-state index in [1.165, 1.54) is 6.92 Å². The van der Waals surface area contributed by atoms with E-state index in [0.29, 0.717) is 26.3 Å². The van der Waals surface area contributed by atoms with Crippen LogP contribution in [0.3, 0.4) is 0 Å². The molecule has 2 atom stereocenters. The van der Waals surface area contributed by atoms with Gasteiger partial charge < -0.3 is 25.4 Å². The third-order valence-electron chi connectivity index (χ3n) is 2.97. The summed E-state index contributed by atoms with van der Waals surface area (Å²) in [4.78, 5) is 36.2. The number of carboxylic acids is 1. The zero-order valence-corrected chi connectivity index (χ0v) is 11.8. The number of carbonyl (C=O) groups excluding carboxylic acids is 2. The summed E-state index contributed by atoms with van der Waals surface area (Å²) >= 11 is 0. The molecule has 8 nitrogen and oxygen atoms in total. The van der Waals surface area contributed by atoms with E-state index >= 15 is 0 Å². The number of amides is 3. The second-order valence-electron chi connectivity index (χ2n) is 4.58. The molecule has 0 saturated carbocycles. The van der Waals surface area contributed by atoms with Crippen LogP contribution in [0.4, 0.5) is 4.79 Å². The zero-order chi connectivity index (χ0) is 15.8. The fourth-order valence-electron chi connectivity index (χ4n) is 1.83. The molecular formula is C13H19N3O5. The maximum atomic E-state index is 12.1. The number of nitrogens with one attached hydrogen (secondary N) is 2. The van der Waals surface area contributed by atoms with Crippen LogP contribution in [0, 0.1) is 12.3 Å². The van der Waals surface area contributed by atoms with Crippen molar-refractivity contribution < 1.29 is 24.2 Å². The highest BCUT2D eigenvalue weighted by atomic mass is 16.5. The van der Waals surface area contributed by atoms with Crippen molar-refractivity contribution in [3.8, 4) is 12.3 Å². The molecule has 3 amide bonds. The van der Waals surface area contributed by atoms with Crippen LogP contribution in [0.5, 0.6) is 0 Å². The number of urea groups is 1. The van der Waals surface area contributed by atoms with Gasteiger partial charge >= 0.3 is 12.0 Å². The van der Waals surface area contributed by atoms with Gasteiger partial charge in [-0.05, 0) is 6.92 Å². The lowest BCUT2D eigenvalue weighted by molar-refractivity contribution is -0.139. The molecule has 0 aromatic heterocycles. The Morgan fingerprint density at radius 2 is 1.95 bits per heavy atom. The fourth-order valence-corrected chi connectivity index (χ4v) is 1.83. The van der Waals surface area contributed by atoms with E-state index in [-0.39, 0.29) is 12.3 Å². The highest BCUT2D eigenvalue weighted by molar-refractivity contribution is 5.88. The minimum atomic E-state index is -1.23. The molecule has 0 bridgehead atoms. The van der Waals surface area contributed by atoms with E-state index in [1.807, 2.05) is 0 Å². The number of nitrogens with zero attached hydrogens (tertiary/aromatic N) is 1. The predicted octanol–water partition coefficient (Wildman–Crippen LogP) is -0.991. The minimum absolute atomic E-state index is 0.130. The highest BCUT2D eigenvalue weighted by Crippen LogP contribution is 2.00. The van der Waals surface area contributed by atoms with Gasteiger partial charge in [0.1, 0.15) is 12.1 Å². The van der Waals surface area contributed by atoms with Gasteiger partial charge in [-0.15, -0.1) is 12.3 Å². The van der Waals surface area contributed by atoms with Crippen molar-refractivity contribution in [2.45, 2.75) is 25.4 Å². The Hall–Kier alpha value is -2.27. The van der Waals surface area contributed by atoms with Gasteiger partial charge in [0.05, 0.1) is 13.2 Å². The van der Waals surface area contributed by atoms with Crippen LogP contribution in [0.15, 0.2) is 0 Å². The Morgan fingerprint density at radius 1 is 1.33 bits per heavy atom. The summed E-state index contributed by atoms with van der Waals surface area (Å²) < 4.78 is 5.14. The molecule has 8 heteroatoms. The maximum Gasteiger partial charge on any atom is 0.327 e. The number of carbonyl (C=O) groups is 3. The van der Waals surface area contributed by atoms with Gasteiger partial charge in [-0.3, -0.25) is 4.79 Å². The van der Waals surface area contributed by atoms with Crippen molar-refractivity contribution in [3.63, 3.8) is 0 Å². The van der Waals surface area contributed by atoms with Gasteiger partial charge in [0.2, 0.25) is 5.91 Å². The van der Waals surface area contributed by atoms with E-state index in [1.54, 1.807) is 4.90 Å². The topological polar surface area (TPSA) is 108 Å². The van der Waals surface area contributed by atoms with Crippen LogP contribution in [-0.2, 0) is 14.3 Å². The van der Waals surface area contributed by atoms with Gasteiger partial charge in [0.15, 0.2) is 0 Å². The van der Waals surface area contributed by atoms with Crippen LogP contribution < -0.4 is 10.6 Å². The van der Waals surface area contributed by atoms with E-state index in [9.17, 15) is 14.4 Å². The second kappa shape index (κ2) is 8.11. The summed E-state index contributed by atoms with van der Waals surface area (Å²) in [5.41, 5.74) is 0. The lowest BCUT2D eigenvalue weighted by atomic mass is 10.2. The first kappa shape index (κ1) is 16.8. The molecule has 1 saturated heterocycles. The molecule has 3 N–H and O–H groups in total. The molecule has 2 unspecified atom stereocenters. The van der Waals surface area contributed by atoms with Gasteiger partial charge in [-0.1, -0.05) is 0 Å². The summed E-state index contributed by atoms with van der Waals surface area (Å²) in [6.07, 6.45) is 4.90. The second-order valence-corrected chi connectivity index (χ2v) is 4.58. The summed E-state index contributed by atoms with van der Waals surface area (Å²) in [6, 6.07) is -2.68. The third kappa shape index (κ3) is 5.31. The lowest BCUT2D eigenvalue weighted by Gasteiger charge is -2.29. The van der Waals surface area contributed by atoms with Crippen LogP contribution >= 0.6 is 0 Å². The number of ether oxygens (including phenoxy) is 1. The van der Waals surface area contributed by atoms with Gasteiger partial charge in [0.25, 0.3) is 0 Å². The smallest absolute Gasteiger partial charge is 0.327 e. The first-order chi connectivity index (χ1) is 9.95.